The molecule has 0 aromatic carbocycles. The maximum Gasteiger partial charge on any atom is 0.222 e. The van der Waals surface area contributed by atoms with E-state index in [4.69, 9.17) is 5.11 Å². The van der Waals surface area contributed by atoms with E-state index >= 15 is 0 Å². The van der Waals surface area contributed by atoms with Gasteiger partial charge in [0.15, 0.2) is 0 Å². The Morgan fingerprint density at radius 2 is 1.93 bits per heavy atom. The lowest BCUT2D eigenvalue weighted by atomic mass is 10.0. The second-order valence-corrected chi connectivity index (χ2v) is 4.58. The van der Waals surface area contributed by atoms with Crippen molar-refractivity contribution in [3.8, 4) is 0 Å². The predicted molar refractivity (Wildman–Crippen MR) is 53.7 cm³/mol. The molecule has 1 amide bonds. The number of fused-ring (bicyclic) bond motifs is 1. The van der Waals surface area contributed by atoms with Crippen LogP contribution in [0.2, 0.25) is 0 Å². The van der Waals surface area contributed by atoms with Crippen LogP contribution in [0.25, 0.3) is 0 Å². The molecule has 1 aliphatic heterocycles. The highest BCUT2D eigenvalue weighted by atomic mass is 16.3. The monoisotopic (exact) mass is 197 g/mol. The largest absolute Gasteiger partial charge is 0.396 e. The fourth-order valence-electron chi connectivity index (χ4n) is 2.83. The molecule has 14 heavy (non-hydrogen) atoms. The topological polar surface area (TPSA) is 40.5 Å². The summed E-state index contributed by atoms with van der Waals surface area (Å²) in [4.78, 5) is 13.7. The number of nitrogens with zero attached hydrogens (tertiary/aromatic N) is 1. The van der Waals surface area contributed by atoms with Gasteiger partial charge in [-0.1, -0.05) is 6.42 Å². The first-order chi connectivity index (χ1) is 6.81. The van der Waals surface area contributed by atoms with Crippen LogP contribution in [0.5, 0.6) is 0 Å². The molecule has 0 radical (unpaired) electrons. The normalized spacial score (nSPS) is 30.8. The highest BCUT2D eigenvalue weighted by Gasteiger charge is 2.37. The molecule has 1 heterocycles. The molecule has 1 N–H and O–H groups in total. The molecule has 2 atom stereocenters. The fourth-order valence-corrected chi connectivity index (χ4v) is 2.83. The van der Waals surface area contributed by atoms with Crippen LogP contribution in [0.15, 0.2) is 0 Å². The number of carbonyl (C=O) groups is 1. The minimum atomic E-state index is 0.131. The van der Waals surface area contributed by atoms with E-state index in [0.29, 0.717) is 12.8 Å². The smallest absolute Gasteiger partial charge is 0.222 e. The van der Waals surface area contributed by atoms with E-state index in [0.717, 1.165) is 24.9 Å². The van der Waals surface area contributed by atoms with Gasteiger partial charge in [-0.3, -0.25) is 4.79 Å². The Morgan fingerprint density at radius 1 is 1.29 bits per heavy atom. The van der Waals surface area contributed by atoms with Crippen LogP contribution in [0.3, 0.4) is 0 Å². The molecule has 0 bridgehead atoms. The number of amides is 1. The van der Waals surface area contributed by atoms with Crippen LogP contribution in [0.1, 0.15) is 32.1 Å². The summed E-state index contributed by atoms with van der Waals surface area (Å²) in [7, 11) is 0. The highest BCUT2D eigenvalue weighted by molar-refractivity contribution is 5.76. The predicted octanol–water partition coefficient (Wildman–Crippen LogP) is 1.02. The molecule has 0 spiro atoms. The second kappa shape index (κ2) is 4.30. The van der Waals surface area contributed by atoms with Crippen molar-refractivity contribution >= 4 is 5.91 Å². The number of carbonyl (C=O) groups excluding carboxylic acids is 1. The molecule has 1 saturated carbocycles. The quantitative estimate of drug-likeness (QED) is 0.733. The molecule has 1 saturated heterocycles. The molecule has 2 aliphatic rings. The van der Waals surface area contributed by atoms with Crippen molar-refractivity contribution in [2.24, 2.45) is 11.8 Å². The van der Waals surface area contributed by atoms with Gasteiger partial charge in [0, 0.05) is 26.1 Å². The molecule has 3 nitrogen and oxygen atoms in total. The number of rotatable bonds is 3. The Hall–Kier alpha value is -0.570. The number of hydrogen-bond donors (Lipinski definition) is 1. The lowest BCUT2D eigenvalue weighted by Gasteiger charge is -2.16. The van der Waals surface area contributed by atoms with Gasteiger partial charge in [0.05, 0.1) is 0 Å². The van der Waals surface area contributed by atoms with Crippen molar-refractivity contribution in [1.82, 2.24) is 4.90 Å². The minimum absolute atomic E-state index is 0.131. The van der Waals surface area contributed by atoms with Crippen molar-refractivity contribution in [1.29, 1.82) is 0 Å². The van der Waals surface area contributed by atoms with Gasteiger partial charge in [-0.25, -0.2) is 0 Å². The summed E-state index contributed by atoms with van der Waals surface area (Å²) in [6.45, 7) is 2.09. The van der Waals surface area contributed by atoms with Crippen molar-refractivity contribution in [3.05, 3.63) is 0 Å². The SMILES string of the molecule is O=C(CCCO)N1CC2CCCC2C1. The van der Waals surface area contributed by atoms with Crippen molar-refractivity contribution in [2.75, 3.05) is 19.7 Å². The van der Waals surface area contributed by atoms with E-state index in [1.54, 1.807) is 0 Å². The summed E-state index contributed by atoms with van der Waals surface area (Å²) < 4.78 is 0. The summed E-state index contributed by atoms with van der Waals surface area (Å²) >= 11 is 0. The van der Waals surface area contributed by atoms with Crippen LogP contribution in [-0.2, 0) is 4.79 Å². The van der Waals surface area contributed by atoms with Gasteiger partial charge in [0.25, 0.3) is 0 Å². The van der Waals surface area contributed by atoms with Crippen LogP contribution < -0.4 is 0 Å². The average molecular weight is 197 g/mol. The average Bonchev–Trinajstić information content (AvgIpc) is 2.72. The lowest BCUT2D eigenvalue weighted by molar-refractivity contribution is -0.130. The first-order valence-corrected chi connectivity index (χ1v) is 5.70. The Labute approximate surface area is 85.1 Å². The maximum absolute atomic E-state index is 11.7. The molecule has 2 fully saturated rings. The summed E-state index contributed by atoms with van der Waals surface area (Å²) in [5.74, 6) is 1.81. The lowest BCUT2D eigenvalue weighted by Crippen LogP contribution is -2.29. The van der Waals surface area contributed by atoms with Crippen molar-refractivity contribution in [2.45, 2.75) is 32.1 Å². The first kappa shape index (κ1) is 9.97. The maximum atomic E-state index is 11.7. The van der Waals surface area contributed by atoms with Crippen LogP contribution in [0.4, 0.5) is 0 Å². The van der Waals surface area contributed by atoms with Crippen molar-refractivity contribution in [3.63, 3.8) is 0 Å². The van der Waals surface area contributed by atoms with Gasteiger partial charge in [0.2, 0.25) is 5.91 Å². The van der Waals surface area contributed by atoms with Crippen LogP contribution >= 0.6 is 0 Å². The van der Waals surface area contributed by atoms with Gasteiger partial charge in [0.1, 0.15) is 0 Å². The fraction of sp³-hybridized carbons (Fsp3) is 0.909. The van der Waals surface area contributed by atoms with E-state index in [1.165, 1.54) is 19.3 Å². The standard InChI is InChI=1S/C11H19NO2/c13-6-2-5-11(14)12-7-9-3-1-4-10(9)8-12/h9-10,13H,1-8H2. The zero-order valence-electron chi connectivity index (χ0n) is 8.61. The third-order valence-corrected chi connectivity index (χ3v) is 3.63. The Morgan fingerprint density at radius 3 is 2.50 bits per heavy atom. The zero-order chi connectivity index (χ0) is 9.97. The molecule has 2 rings (SSSR count). The van der Waals surface area contributed by atoms with Gasteiger partial charge in [-0.2, -0.15) is 0 Å². The third-order valence-electron chi connectivity index (χ3n) is 3.63. The zero-order valence-corrected chi connectivity index (χ0v) is 8.61. The van der Waals surface area contributed by atoms with E-state index in [2.05, 4.69) is 0 Å². The Balaban J connectivity index is 1.80. The molecule has 0 aromatic rings. The van der Waals surface area contributed by atoms with Gasteiger partial charge < -0.3 is 10.0 Å². The summed E-state index contributed by atoms with van der Waals surface area (Å²) in [5, 5.41) is 8.65. The van der Waals surface area contributed by atoms with Gasteiger partial charge in [-0.15, -0.1) is 0 Å². The van der Waals surface area contributed by atoms with Crippen LogP contribution in [0, 0.1) is 11.8 Å². The van der Waals surface area contributed by atoms with E-state index in [1.807, 2.05) is 4.90 Å². The second-order valence-electron chi connectivity index (χ2n) is 4.58. The van der Waals surface area contributed by atoms with E-state index in [-0.39, 0.29) is 12.5 Å². The van der Waals surface area contributed by atoms with Gasteiger partial charge >= 0.3 is 0 Å². The number of aliphatic hydroxyl groups excluding tert-OH is 1. The first-order valence-electron chi connectivity index (χ1n) is 5.70. The molecule has 0 aromatic heterocycles. The Bertz CT molecular complexity index is 205. The van der Waals surface area contributed by atoms with E-state index < -0.39 is 0 Å². The number of likely N-dealkylation sites (tertiary alicyclic amines) is 1. The molecular formula is C11H19NO2. The Kier molecular flexibility index (Phi) is 3.06. The summed E-state index contributed by atoms with van der Waals surface area (Å²) in [6, 6.07) is 0. The third kappa shape index (κ3) is 1.92. The van der Waals surface area contributed by atoms with Crippen LogP contribution in [-0.4, -0.2) is 35.6 Å². The number of aliphatic hydroxyl groups is 1. The van der Waals surface area contributed by atoms with E-state index in [9.17, 15) is 4.79 Å². The summed E-state index contributed by atoms with van der Waals surface area (Å²) in [5.41, 5.74) is 0. The minimum Gasteiger partial charge on any atom is -0.396 e. The number of hydrogen-bond acceptors (Lipinski definition) is 2. The molecule has 2 unspecified atom stereocenters. The summed E-state index contributed by atoms with van der Waals surface area (Å²) in [6.07, 6.45) is 5.12. The van der Waals surface area contributed by atoms with Gasteiger partial charge in [-0.05, 0) is 31.1 Å². The highest BCUT2D eigenvalue weighted by Crippen LogP contribution is 2.37. The molecular weight excluding hydrogens is 178 g/mol. The van der Waals surface area contributed by atoms with Crippen molar-refractivity contribution < 1.29 is 9.90 Å². The molecule has 80 valence electrons. The molecule has 1 aliphatic carbocycles. The molecule has 3 heteroatoms.